The normalized spacial score (nSPS) is 31.5. The van der Waals surface area contributed by atoms with E-state index in [-0.39, 0.29) is 22.8 Å². The van der Waals surface area contributed by atoms with Crippen LogP contribution in [0.1, 0.15) is 43.7 Å². The van der Waals surface area contributed by atoms with E-state index in [9.17, 15) is 21.6 Å². The number of benzene rings is 2. The van der Waals surface area contributed by atoms with Gasteiger partial charge in [0.25, 0.3) is 10.0 Å². The Morgan fingerprint density at radius 3 is 2.67 bits per heavy atom. The molecule has 0 aromatic heterocycles. The maximum absolute atomic E-state index is 13.6. The van der Waals surface area contributed by atoms with Gasteiger partial charge in [0.1, 0.15) is 5.75 Å². The minimum absolute atomic E-state index is 0.0456. The van der Waals surface area contributed by atoms with Crippen LogP contribution in [0.25, 0.3) is 0 Å². The van der Waals surface area contributed by atoms with Gasteiger partial charge in [-0.1, -0.05) is 36.7 Å². The SMILES string of the molecule is C[C@@H]1/C=C/CN(C)S(=O)(=O)[C@@H]2CC[C@H]2CN2C[C@@]3(CCCc4cc(Cl)ccc43)COc3ccc(cc32)S(=O)(=O)NC1=O. The zero-order chi connectivity index (χ0) is 29.9. The van der Waals surface area contributed by atoms with E-state index < -0.39 is 37.1 Å². The molecule has 42 heavy (non-hydrogen) atoms. The summed E-state index contributed by atoms with van der Waals surface area (Å²) in [6.45, 7) is 3.03. The van der Waals surface area contributed by atoms with Crippen molar-refractivity contribution in [1.29, 1.82) is 0 Å². The third-order valence-corrected chi connectivity index (χ3v) is 13.4. The van der Waals surface area contributed by atoms with E-state index in [1.54, 1.807) is 32.2 Å². The van der Waals surface area contributed by atoms with Crippen LogP contribution >= 0.6 is 11.6 Å². The highest BCUT2D eigenvalue weighted by molar-refractivity contribution is 7.90. The number of carbonyl (C=O) groups excluding carboxylic acids is 1. The number of carbonyl (C=O) groups is 1. The van der Waals surface area contributed by atoms with Crippen molar-refractivity contribution < 1.29 is 26.4 Å². The fourth-order valence-corrected chi connectivity index (χ4v) is 9.98. The first-order chi connectivity index (χ1) is 19.9. The molecular weight excluding hydrogens is 598 g/mol. The molecular formula is C30H36ClN3O6S2. The van der Waals surface area contributed by atoms with E-state index in [0.29, 0.717) is 42.6 Å². The summed E-state index contributed by atoms with van der Waals surface area (Å²) in [4.78, 5) is 14.9. The minimum atomic E-state index is -4.17. The van der Waals surface area contributed by atoms with Crippen molar-refractivity contribution in [2.75, 3.05) is 38.2 Å². The molecule has 12 heteroatoms. The third-order valence-electron chi connectivity index (χ3n) is 9.37. The van der Waals surface area contributed by atoms with Gasteiger partial charge in [0.15, 0.2) is 0 Å². The minimum Gasteiger partial charge on any atom is -0.490 e. The fraction of sp³-hybridized carbons (Fsp3) is 0.500. The lowest BCUT2D eigenvalue weighted by Gasteiger charge is -2.44. The van der Waals surface area contributed by atoms with E-state index in [1.165, 1.54) is 22.0 Å². The molecule has 1 fully saturated rings. The van der Waals surface area contributed by atoms with Gasteiger partial charge in [0.2, 0.25) is 15.9 Å². The smallest absolute Gasteiger partial charge is 0.264 e. The van der Waals surface area contributed by atoms with Crippen molar-refractivity contribution in [3.8, 4) is 5.75 Å². The number of amides is 1. The number of sulfonamides is 2. The number of rotatable bonds is 0. The second-order valence-corrected chi connectivity index (χ2v) is 16.5. The largest absolute Gasteiger partial charge is 0.490 e. The van der Waals surface area contributed by atoms with Gasteiger partial charge >= 0.3 is 0 Å². The highest BCUT2D eigenvalue weighted by Gasteiger charge is 2.47. The number of nitrogens with one attached hydrogen (secondary N) is 1. The molecule has 2 heterocycles. The summed E-state index contributed by atoms with van der Waals surface area (Å²) in [6, 6.07) is 10.6. The molecule has 4 aliphatic rings. The number of hydrogen-bond donors (Lipinski definition) is 1. The summed E-state index contributed by atoms with van der Waals surface area (Å²) >= 11 is 6.36. The molecule has 0 unspecified atom stereocenters. The Bertz CT molecular complexity index is 1660. The number of anilines is 1. The monoisotopic (exact) mass is 633 g/mol. The molecule has 2 aliphatic heterocycles. The van der Waals surface area contributed by atoms with E-state index in [0.717, 1.165) is 31.2 Å². The van der Waals surface area contributed by atoms with Gasteiger partial charge in [-0.3, -0.25) is 4.79 Å². The molecule has 2 aromatic rings. The van der Waals surface area contributed by atoms with Gasteiger partial charge < -0.3 is 9.64 Å². The maximum Gasteiger partial charge on any atom is 0.264 e. The van der Waals surface area contributed by atoms with E-state index in [2.05, 4.69) is 15.7 Å². The number of hydrogen-bond acceptors (Lipinski definition) is 7. The summed E-state index contributed by atoms with van der Waals surface area (Å²) < 4.78 is 63.9. The number of halogens is 1. The van der Waals surface area contributed by atoms with Crippen LogP contribution in [0, 0.1) is 11.8 Å². The van der Waals surface area contributed by atoms with Crippen LogP contribution in [0.5, 0.6) is 5.75 Å². The van der Waals surface area contributed by atoms with Crippen molar-refractivity contribution in [1.82, 2.24) is 9.03 Å². The van der Waals surface area contributed by atoms with Crippen LogP contribution in [-0.4, -0.2) is 65.6 Å². The van der Waals surface area contributed by atoms with Crippen LogP contribution in [0.15, 0.2) is 53.4 Å². The van der Waals surface area contributed by atoms with E-state index in [1.807, 2.05) is 12.1 Å². The maximum atomic E-state index is 13.6. The van der Waals surface area contributed by atoms with E-state index >= 15 is 0 Å². The van der Waals surface area contributed by atoms with Gasteiger partial charge in [0, 0.05) is 37.1 Å². The number of fused-ring (bicyclic) bond motifs is 4. The molecule has 2 aromatic carbocycles. The lowest BCUT2D eigenvalue weighted by molar-refractivity contribution is -0.121. The average molecular weight is 634 g/mol. The Balaban J connectivity index is 1.46. The topological polar surface area (TPSA) is 113 Å². The van der Waals surface area contributed by atoms with Crippen molar-refractivity contribution in [2.24, 2.45) is 11.8 Å². The molecule has 1 saturated carbocycles. The van der Waals surface area contributed by atoms with Gasteiger partial charge in [-0.2, -0.15) is 0 Å². The van der Waals surface area contributed by atoms with Crippen LogP contribution < -0.4 is 14.4 Å². The Hall–Kier alpha value is -2.60. The molecule has 1 spiro atoms. The zero-order valence-electron chi connectivity index (χ0n) is 23.8. The fourth-order valence-electron chi connectivity index (χ4n) is 6.80. The molecule has 9 nitrogen and oxygen atoms in total. The number of likely N-dealkylation sites (N-methyl/N-ethyl adjacent to an activating group) is 1. The lowest BCUT2D eigenvalue weighted by Crippen LogP contribution is -2.52. The van der Waals surface area contributed by atoms with Crippen molar-refractivity contribution in [3.63, 3.8) is 0 Å². The van der Waals surface area contributed by atoms with Gasteiger partial charge in [-0.05, 0) is 79.5 Å². The number of aryl methyl sites for hydroxylation is 1. The predicted octanol–water partition coefficient (Wildman–Crippen LogP) is 3.86. The molecule has 2 bridgehead atoms. The second-order valence-electron chi connectivity index (χ2n) is 12.1. The van der Waals surface area contributed by atoms with Crippen LogP contribution in [-0.2, 0) is 36.7 Å². The second kappa shape index (κ2) is 10.8. The third kappa shape index (κ3) is 5.22. The number of nitrogens with zero attached hydrogens (tertiary/aromatic N) is 2. The van der Waals surface area contributed by atoms with Gasteiger partial charge in [0.05, 0.1) is 28.4 Å². The molecule has 2 aliphatic carbocycles. The molecule has 0 saturated heterocycles. The van der Waals surface area contributed by atoms with Crippen molar-refractivity contribution in [2.45, 2.75) is 54.6 Å². The first kappa shape index (κ1) is 29.5. The Labute approximate surface area is 253 Å². The lowest BCUT2D eigenvalue weighted by atomic mass is 9.70. The highest BCUT2D eigenvalue weighted by atomic mass is 35.5. The molecule has 1 N–H and O–H groups in total. The predicted molar refractivity (Wildman–Crippen MR) is 162 cm³/mol. The first-order valence-electron chi connectivity index (χ1n) is 14.4. The van der Waals surface area contributed by atoms with Gasteiger partial charge in [-0.15, -0.1) is 0 Å². The molecule has 226 valence electrons. The summed E-state index contributed by atoms with van der Waals surface area (Å²) in [6.07, 6.45) is 7.18. The summed E-state index contributed by atoms with van der Waals surface area (Å²) in [5, 5.41) is 0.138. The average Bonchev–Trinajstić information content (AvgIpc) is 3.07. The summed E-state index contributed by atoms with van der Waals surface area (Å²) in [5.41, 5.74) is 2.54. The summed E-state index contributed by atoms with van der Waals surface area (Å²) in [5.74, 6) is -1.07. The standard InChI is InChI=1S/C30H36ClN3O6S2/c1-20-5-4-14-33(2)42(38,39)28-12-7-22(28)17-34-18-30(13-3-6-21-15-23(31)8-10-25(21)30)19-40-27-11-9-24(16-26(27)34)41(36,37)32-29(20)35/h4-5,8-11,15-16,20,22,28H,3,6-7,12-14,17-19H2,1-2H3,(H,32,35)/b5-4+/t20-,22+,28-,30+/m1/s1. The van der Waals surface area contributed by atoms with Crippen LogP contribution in [0.2, 0.25) is 5.02 Å². The quantitative estimate of drug-likeness (QED) is 0.439. The Kier molecular flexibility index (Phi) is 7.60. The highest BCUT2D eigenvalue weighted by Crippen LogP contribution is 2.46. The van der Waals surface area contributed by atoms with E-state index in [4.69, 9.17) is 16.3 Å². The van der Waals surface area contributed by atoms with Crippen LogP contribution in [0.3, 0.4) is 0 Å². The molecule has 4 atom stereocenters. The first-order valence-corrected chi connectivity index (χ1v) is 17.8. The van der Waals surface area contributed by atoms with Crippen molar-refractivity contribution >= 4 is 43.2 Å². The zero-order valence-corrected chi connectivity index (χ0v) is 26.1. The Morgan fingerprint density at radius 1 is 1.10 bits per heavy atom. The van der Waals surface area contributed by atoms with Crippen molar-refractivity contribution in [3.05, 3.63) is 64.7 Å². The summed E-state index contributed by atoms with van der Waals surface area (Å²) in [7, 11) is -6.21. The molecule has 0 radical (unpaired) electrons. The number of ether oxygens (including phenoxy) is 1. The molecule has 6 rings (SSSR count). The molecule has 1 amide bonds. The Morgan fingerprint density at radius 2 is 1.90 bits per heavy atom. The van der Waals surface area contributed by atoms with Gasteiger partial charge in [-0.25, -0.2) is 25.9 Å². The van der Waals surface area contributed by atoms with Crippen LogP contribution in [0.4, 0.5) is 5.69 Å².